The summed E-state index contributed by atoms with van der Waals surface area (Å²) in [7, 11) is 0. The number of fused-ring (bicyclic) bond motifs is 18. The van der Waals surface area contributed by atoms with Gasteiger partial charge < -0.3 is 0 Å². The third-order valence-corrected chi connectivity index (χ3v) is 12.6. The van der Waals surface area contributed by atoms with Gasteiger partial charge in [-0.05, 0) is 113 Å². The second kappa shape index (κ2) is 10.6. The van der Waals surface area contributed by atoms with E-state index in [9.17, 15) is 0 Å². The van der Waals surface area contributed by atoms with Gasteiger partial charge >= 0.3 is 0 Å². The zero-order valence-corrected chi connectivity index (χ0v) is 29.5. The van der Waals surface area contributed by atoms with Crippen molar-refractivity contribution in [3.05, 3.63) is 143 Å². The van der Waals surface area contributed by atoms with Crippen molar-refractivity contribution in [3.8, 4) is 0 Å². The van der Waals surface area contributed by atoms with Crippen molar-refractivity contribution in [2.45, 2.75) is 0 Å². The second-order valence-corrected chi connectivity index (χ2v) is 15.3. The van der Waals surface area contributed by atoms with Crippen LogP contribution in [0.3, 0.4) is 0 Å². The van der Waals surface area contributed by atoms with Gasteiger partial charge in [0.2, 0.25) is 0 Å². The van der Waals surface area contributed by atoms with Gasteiger partial charge in [0, 0.05) is 64.6 Å². The Labute approximate surface area is 324 Å². The summed E-state index contributed by atoms with van der Waals surface area (Å²) in [4.78, 5) is 0. The summed E-state index contributed by atoms with van der Waals surface area (Å²) < 4.78 is 192. The molecule has 0 unspecified atom stereocenters. The molecular weight excluding hydrogens is 805 g/mol. The zero-order chi connectivity index (χ0) is 41.3. The Bertz CT molecular complexity index is 3710. The van der Waals surface area contributed by atoms with E-state index in [4.69, 9.17) is 0 Å². The van der Waals surface area contributed by atoms with Crippen LogP contribution in [-0.4, -0.2) is 0 Å². The van der Waals surface area contributed by atoms with Crippen LogP contribution in [0.5, 0.6) is 0 Å². The third-order valence-electron chi connectivity index (χ3n) is 12.6. The molecule has 0 amide bonds. The van der Waals surface area contributed by atoms with Gasteiger partial charge in [-0.2, -0.15) is 0 Å². The fraction of sp³-hybridized carbons (Fsp3) is 0. The zero-order valence-electron chi connectivity index (χ0n) is 29.5. The maximum Gasteiger partial charge on any atom is 0.198 e. The van der Waals surface area contributed by atoms with E-state index in [0.29, 0.717) is 0 Å². The van der Waals surface area contributed by atoms with Gasteiger partial charge in [0.1, 0.15) is 23.3 Å². The fourth-order valence-electron chi connectivity index (χ4n) is 10.6. The van der Waals surface area contributed by atoms with Crippen molar-refractivity contribution in [2.24, 2.45) is 0 Å². The van der Waals surface area contributed by atoms with Crippen LogP contribution in [0.4, 0.5) is 52.7 Å². The lowest BCUT2D eigenvalue weighted by atomic mass is 9.74. The molecule has 0 nitrogen and oxygen atoms in total. The van der Waals surface area contributed by atoms with Gasteiger partial charge in [0.15, 0.2) is 46.5 Å². The molecule has 0 aliphatic rings. The molecule has 0 fully saturated rings. The quantitative estimate of drug-likeness (QED) is 0.0470. The number of halogens is 12. The van der Waals surface area contributed by atoms with Gasteiger partial charge in [0.25, 0.3) is 0 Å². The van der Waals surface area contributed by atoms with Gasteiger partial charge in [-0.3, -0.25) is 0 Å². The van der Waals surface area contributed by atoms with Crippen molar-refractivity contribution in [1.82, 2.24) is 0 Å². The summed E-state index contributed by atoms with van der Waals surface area (Å²) in [6.45, 7) is 0. The number of benzene rings is 13. The molecule has 0 N–H and O–H groups in total. The minimum absolute atomic E-state index is 0.00593. The lowest BCUT2D eigenvalue weighted by molar-refractivity contribution is 0.418. The van der Waals surface area contributed by atoms with Gasteiger partial charge in [0.05, 0.1) is 0 Å². The monoisotopic (exact) mass is 816 g/mol. The smallest absolute Gasteiger partial charge is 0.198 e. The molecule has 0 radical (unpaired) electrons. The standard InChI is InChI=1S/C48H12F12/c49-13-1-5-17-21(9-13)27-33-31-25(17)18-6-2-14(50)10-22(18)28-34(31)36-30(40-39(28)43(55)47(59)48(60)44(40)56)24-12-16(52)4-8-20(24)26-19-7-3-15(51)11-23(19)29(35(33)32(26)36)38-37(27)41(53)45(57)46(58)42(38)54/h1-12H. The number of hydrogen-bond acceptors (Lipinski definition) is 0. The maximum atomic E-state index is 16.8. The van der Waals surface area contributed by atoms with E-state index in [1.54, 1.807) is 0 Å². The summed E-state index contributed by atoms with van der Waals surface area (Å²) >= 11 is 0. The lowest BCUT2D eigenvalue weighted by Crippen LogP contribution is -2.05. The van der Waals surface area contributed by atoms with Crippen LogP contribution in [0.25, 0.3) is 129 Å². The molecule has 12 heteroatoms. The Balaban J connectivity index is 1.62. The predicted octanol–water partition coefficient (Wildman–Crippen LogP) is 15.5. The summed E-state index contributed by atoms with van der Waals surface area (Å²) in [5, 5.41) is -5.20. The van der Waals surface area contributed by atoms with E-state index in [1.807, 2.05) is 0 Å². The molecule has 0 bridgehead atoms. The van der Waals surface area contributed by atoms with Gasteiger partial charge in [-0.25, -0.2) is 52.7 Å². The van der Waals surface area contributed by atoms with Crippen molar-refractivity contribution in [3.63, 3.8) is 0 Å². The Morgan fingerprint density at radius 2 is 0.367 bits per heavy atom. The molecule has 60 heavy (non-hydrogen) atoms. The largest absolute Gasteiger partial charge is 0.207 e. The average Bonchev–Trinajstić information content (AvgIpc) is 3.23. The molecule has 13 aromatic carbocycles. The molecular formula is C48H12F12. The molecule has 0 aromatic heterocycles. The van der Waals surface area contributed by atoms with E-state index < -0.39 is 91.4 Å². The Morgan fingerprint density at radius 3 is 0.583 bits per heavy atom. The highest BCUT2D eigenvalue weighted by molar-refractivity contribution is 6.60. The topological polar surface area (TPSA) is 0 Å². The molecule has 0 atom stereocenters. The van der Waals surface area contributed by atoms with Crippen LogP contribution in [0.2, 0.25) is 0 Å². The SMILES string of the molecule is Fc1ccc2c(c1)c1c3c(F)c(F)c(F)c(F)c3c3c4cc(F)ccc4c4c5ccc(F)cc5c5c6c(F)c(F)c(F)c(F)c6c6c7cc(F)ccc7c2c2c1c3c4c5c62. The van der Waals surface area contributed by atoms with Crippen LogP contribution in [0, 0.1) is 69.8 Å². The molecule has 0 aliphatic carbocycles. The highest BCUT2D eigenvalue weighted by Gasteiger charge is 2.36. The molecule has 0 spiro atoms. The highest BCUT2D eigenvalue weighted by Crippen LogP contribution is 2.60. The number of rotatable bonds is 0. The van der Waals surface area contributed by atoms with Crippen LogP contribution in [0.1, 0.15) is 0 Å². The van der Waals surface area contributed by atoms with Crippen LogP contribution in [0.15, 0.2) is 72.8 Å². The normalized spacial score (nSPS) is 13.0. The third kappa shape index (κ3) is 3.56. The lowest BCUT2D eigenvalue weighted by Gasteiger charge is -2.28. The first-order valence-corrected chi connectivity index (χ1v) is 18.2. The van der Waals surface area contributed by atoms with Crippen molar-refractivity contribution >= 4 is 129 Å². The highest BCUT2D eigenvalue weighted by atomic mass is 19.2. The van der Waals surface area contributed by atoms with Crippen LogP contribution in [-0.2, 0) is 0 Å². The molecule has 13 rings (SSSR count). The summed E-state index contributed by atoms with van der Waals surface area (Å²) in [5.74, 6) is -19.9. The van der Waals surface area contributed by atoms with Crippen molar-refractivity contribution in [2.75, 3.05) is 0 Å². The first-order valence-electron chi connectivity index (χ1n) is 18.2. The van der Waals surface area contributed by atoms with E-state index in [2.05, 4.69) is 0 Å². The minimum atomic E-state index is -2.21. The Kier molecular flexibility index (Phi) is 5.96. The first kappa shape index (κ1) is 33.8. The van der Waals surface area contributed by atoms with E-state index >= 15 is 52.7 Å². The molecule has 288 valence electrons. The van der Waals surface area contributed by atoms with Crippen molar-refractivity contribution in [1.29, 1.82) is 0 Å². The Morgan fingerprint density at radius 1 is 0.167 bits per heavy atom. The van der Waals surface area contributed by atoms with Crippen LogP contribution < -0.4 is 0 Å². The molecule has 0 heterocycles. The Hall–Kier alpha value is -7.08. The van der Waals surface area contributed by atoms with E-state index in [-0.39, 0.29) is 108 Å². The summed E-state index contributed by atoms with van der Waals surface area (Å²) in [5.41, 5.74) is 0. The summed E-state index contributed by atoms with van der Waals surface area (Å²) in [6, 6.07) is 13.0. The molecule has 13 aromatic rings. The summed E-state index contributed by atoms with van der Waals surface area (Å²) in [6.07, 6.45) is 0. The maximum absolute atomic E-state index is 16.8. The van der Waals surface area contributed by atoms with E-state index in [0.717, 1.165) is 48.5 Å². The molecule has 0 saturated carbocycles. The minimum Gasteiger partial charge on any atom is -0.207 e. The van der Waals surface area contributed by atoms with Gasteiger partial charge in [-0.15, -0.1) is 0 Å². The predicted molar refractivity (Wildman–Crippen MR) is 210 cm³/mol. The van der Waals surface area contributed by atoms with Gasteiger partial charge in [-0.1, -0.05) is 24.3 Å². The van der Waals surface area contributed by atoms with Crippen LogP contribution >= 0.6 is 0 Å². The van der Waals surface area contributed by atoms with E-state index in [1.165, 1.54) is 24.3 Å². The number of hydrogen-bond donors (Lipinski definition) is 0. The molecule has 0 saturated heterocycles. The average molecular weight is 817 g/mol. The first-order chi connectivity index (χ1) is 28.8. The second-order valence-electron chi connectivity index (χ2n) is 15.3. The fourth-order valence-corrected chi connectivity index (χ4v) is 10.6. The molecule has 0 aliphatic heterocycles. The van der Waals surface area contributed by atoms with Crippen molar-refractivity contribution < 1.29 is 52.7 Å².